The van der Waals surface area contributed by atoms with Crippen LogP contribution in [0.2, 0.25) is 0 Å². The van der Waals surface area contributed by atoms with E-state index >= 15 is 0 Å². The lowest BCUT2D eigenvalue weighted by Gasteiger charge is -2.22. The largest absolute Gasteiger partial charge is 0.309 e. The van der Waals surface area contributed by atoms with Crippen molar-refractivity contribution < 1.29 is 8.78 Å². The van der Waals surface area contributed by atoms with Gasteiger partial charge in [-0.05, 0) is 30.7 Å². The van der Waals surface area contributed by atoms with Gasteiger partial charge in [-0.15, -0.1) is 0 Å². The van der Waals surface area contributed by atoms with Gasteiger partial charge in [0.15, 0.2) is 0 Å². The van der Waals surface area contributed by atoms with Crippen LogP contribution in [0.4, 0.5) is 8.78 Å². The fraction of sp³-hybridized carbons (Fsp3) is 0.500. The number of hydrogen-bond acceptors (Lipinski definition) is 2. The van der Waals surface area contributed by atoms with Crippen molar-refractivity contribution in [2.45, 2.75) is 25.4 Å². The van der Waals surface area contributed by atoms with Gasteiger partial charge in [-0.25, -0.2) is 8.78 Å². The molecule has 0 aromatic heterocycles. The highest BCUT2D eigenvalue weighted by Crippen LogP contribution is 2.18. The Labute approximate surface area is 98.6 Å². The maximum absolute atomic E-state index is 13.3. The van der Waals surface area contributed by atoms with E-state index in [-0.39, 0.29) is 12.1 Å². The average Bonchev–Trinajstić information content (AvgIpc) is 2.30. The molecule has 0 saturated carbocycles. The standard InChI is InChI=1S/C12H15F2NS/c13-11-4-1-5-12(14)10(11)7-15-9-3-2-6-16-8-9/h1,4-5,9,15H,2-3,6-8H2. The highest BCUT2D eigenvalue weighted by Gasteiger charge is 2.15. The molecule has 1 atom stereocenters. The summed E-state index contributed by atoms with van der Waals surface area (Å²) in [4.78, 5) is 0. The third-order valence-corrected chi connectivity index (χ3v) is 4.00. The summed E-state index contributed by atoms with van der Waals surface area (Å²) in [7, 11) is 0. The lowest BCUT2D eigenvalue weighted by molar-refractivity contribution is 0.478. The zero-order valence-electron chi connectivity index (χ0n) is 9.01. The summed E-state index contributed by atoms with van der Waals surface area (Å²) in [6, 6.07) is 4.38. The van der Waals surface area contributed by atoms with Gasteiger partial charge in [0.2, 0.25) is 0 Å². The first-order valence-corrected chi connectivity index (χ1v) is 6.67. The predicted octanol–water partition coefficient (Wildman–Crippen LogP) is 2.95. The smallest absolute Gasteiger partial charge is 0.130 e. The van der Waals surface area contributed by atoms with E-state index in [4.69, 9.17) is 0 Å². The van der Waals surface area contributed by atoms with Crippen LogP contribution in [0, 0.1) is 11.6 Å². The Balaban J connectivity index is 1.93. The molecule has 1 nitrogen and oxygen atoms in total. The molecule has 0 aliphatic carbocycles. The molecule has 0 spiro atoms. The monoisotopic (exact) mass is 243 g/mol. The first kappa shape index (κ1) is 11.9. The molecule has 2 rings (SSSR count). The van der Waals surface area contributed by atoms with Crippen LogP contribution in [0.15, 0.2) is 18.2 Å². The van der Waals surface area contributed by atoms with Crippen LogP contribution in [-0.2, 0) is 6.54 Å². The first-order chi connectivity index (χ1) is 7.77. The van der Waals surface area contributed by atoms with E-state index in [2.05, 4.69) is 5.32 Å². The number of halogens is 2. The third kappa shape index (κ3) is 2.95. The number of hydrogen-bond donors (Lipinski definition) is 1. The molecule has 1 heterocycles. The van der Waals surface area contributed by atoms with Crippen molar-refractivity contribution in [1.29, 1.82) is 0 Å². The van der Waals surface area contributed by atoms with Crippen LogP contribution >= 0.6 is 11.8 Å². The van der Waals surface area contributed by atoms with E-state index < -0.39 is 11.6 Å². The van der Waals surface area contributed by atoms with Gasteiger partial charge in [0.05, 0.1) is 0 Å². The van der Waals surface area contributed by atoms with Crippen molar-refractivity contribution in [2.75, 3.05) is 11.5 Å². The summed E-state index contributed by atoms with van der Waals surface area (Å²) in [5, 5.41) is 3.22. The van der Waals surface area contributed by atoms with Crippen LogP contribution in [0.5, 0.6) is 0 Å². The SMILES string of the molecule is Fc1cccc(F)c1CNC1CCCSC1. The second kappa shape index (κ2) is 5.64. The molecule has 1 N–H and O–H groups in total. The summed E-state index contributed by atoms with van der Waals surface area (Å²) in [6.07, 6.45) is 2.28. The van der Waals surface area contributed by atoms with Gasteiger partial charge in [-0.1, -0.05) is 6.07 Å². The molecule has 4 heteroatoms. The Morgan fingerprint density at radius 2 is 2.06 bits per heavy atom. The van der Waals surface area contributed by atoms with E-state index in [1.54, 1.807) is 0 Å². The Kier molecular flexibility index (Phi) is 4.18. The van der Waals surface area contributed by atoms with E-state index in [9.17, 15) is 8.78 Å². The second-order valence-electron chi connectivity index (χ2n) is 4.00. The minimum Gasteiger partial charge on any atom is -0.309 e. The normalized spacial score (nSPS) is 21.0. The highest BCUT2D eigenvalue weighted by atomic mass is 32.2. The van der Waals surface area contributed by atoms with Gasteiger partial charge in [-0.2, -0.15) is 11.8 Å². The quantitative estimate of drug-likeness (QED) is 0.876. The van der Waals surface area contributed by atoms with E-state index in [0.29, 0.717) is 6.04 Å². The van der Waals surface area contributed by atoms with Crippen molar-refractivity contribution in [3.8, 4) is 0 Å². The number of rotatable bonds is 3. The summed E-state index contributed by atoms with van der Waals surface area (Å²) < 4.78 is 26.6. The summed E-state index contributed by atoms with van der Waals surface area (Å²) in [5.74, 6) is 1.31. The molecule has 0 bridgehead atoms. The van der Waals surface area contributed by atoms with Gasteiger partial charge in [0, 0.05) is 23.9 Å². The zero-order chi connectivity index (χ0) is 11.4. The van der Waals surface area contributed by atoms with Crippen molar-refractivity contribution in [3.05, 3.63) is 35.4 Å². The fourth-order valence-corrected chi connectivity index (χ4v) is 2.96. The summed E-state index contributed by atoms with van der Waals surface area (Å²) in [6.45, 7) is 0.281. The minimum atomic E-state index is -0.462. The lowest BCUT2D eigenvalue weighted by atomic mass is 10.1. The van der Waals surface area contributed by atoms with Gasteiger partial charge in [-0.3, -0.25) is 0 Å². The second-order valence-corrected chi connectivity index (χ2v) is 5.15. The Morgan fingerprint density at radius 3 is 2.69 bits per heavy atom. The molecular formula is C12H15F2NS. The molecule has 88 valence electrons. The minimum absolute atomic E-state index is 0.151. The Morgan fingerprint density at radius 1 is 1.31 bits per heavy atom. The third-order valence-electron chi connectivity index (χ3n) is 2.79. The topological polar surface area (TPSA) is 12.0 Å². The molecule has 0 amide bonds. The Hall–Kier alpha value is -0.610. The molecule has 1 aromatic carbocycles. The zero-order valence-corrected chi connectivity index (χ0v) is 9.83. The molecule has 1 fully saturated rings. The lowest BCUT2D eigenvalue weighted by Crippen LogP contribution is -2.33. The van der Waals surface area contributed by atoms with E-state index in [0.717, 1.165) is 12.2 Å². The molecule has 0 radical (unpaired) electrons. The number of benzene rings is 1. The molecule has 1 aromatic rings. The van der Waals surface area contributed by atoms with Crippen LogP contribution in [-0.4, -0.2) is 17.5 Å². The highest BCUT2D eigenvalue weighted by molar-refractivity contribution is 7.99. The van der Waals surface area contributed by atoms with Gasteiger partial charge >= 0.3 is 0 Å². The maximum atomic E-state index is 13.3. The fourth-order valence-electron chi connectivity index (χ4n) is 1.85. The van der Waals surface area contributed by atoms with Crippen LogP contribution in [0.3, 0.4) is 0 Å². The predicted molar refractivity (Wildman–Crippen MR) is 63.5 cm³/mol. The number of thioether (sulfide) groups is 1. The molecular weight excluding hydrogens is 228 g/mol. The molecule has 16 heavy (non-hydrogen) atoms. The van der Waals surface area contributed by atoms with Gasteiger partial charge < -0.3 is 5.32 Å². The van der Waals surface area contributed by atoms with Crippen molar-refractivity contribution >= 4 is 11.8 Å². The first-order valence-electron chi connectivity index (χ1n) is 5.51. The van der Waals surface area contributed by atoms with Crippen LogP contribution in [0.25, 0.3) is 0 Å². The van der Waals surface area contributed by atoms with Crippen molar-refractivity contribution in [1.82, 2.24) is 5.32 Å². The average molecular weight is 243 g/mol. The van der Waals surface area contributed by atoms with E-state index in [1.165, 1.54) is 30.4 Å². The van der Waals surface area contributed by atoms with E-state index in [1.807, 2.05) is 11.8 Å². The Bertz CT molecular complexity index is 331. The number of nitrogens with one attached hydrogen (secondary N) is 1. The van der Waals surface area contributed by atoms with Crippen molar-refractivity contribution in [3.63, 3.8) is 0 Å². The molecule has 1 aliphatic rings. The molecule has 1 saturated heterocycles. The van der Waals surface area contributed by atoms with Gasteiger partial charge in [0.25, 0.3) is 0 Å². The van der Waals surface area contributed by atoms with Crippen molar-refractivity contribution in [2.24, 2.45) is 0 Å². The molecule has 1 aliphatic heterocycles. The maximum Gasteiger partial charge on any atom is 0.130 e. The van der Waals surface area contributed by atoms with Crippen LogP contribution in [0.1, 0.15) is 18.4 Å². The summed E-state index contributed by atoms with van der Waals surface area (Å²) in [5.41, 5.74) is 0.151. The van der Waals surface area contributed by atoms with Crippen LogP contribution < -0.4 is 5.32 Å². The molecule has 1 unspecified atom stereocenters. The van der Waals surface area contributed by atoms with Gasteiger partial charge in [0.1, 0.15) is 11.6 Å². The summed E-state index contributed by atoms with van der Waals surface area (Å²) >= 11 is 1.90.